The maximum atomic E-state index is 13.6. The molecule has 5 aromatic rings. The van der Waals surface area contributed by atoms with Crippen LogP contribution in [0.15, 0.2) is 83.9 Å². The minimum absolute atomic E-state index is 0.0334. The maximum absolute atomic E-state index is 13.6. The largest absolute Gasteiger partial charge is 0.493 e. The molecule has 0 bridgehead atoms. The van der Waals surface area contributed by atoms with Gasteiger partial charge in [0.1, 0.15) is 5.58 Å². The Balaban J connectivity index is 1.64. The van der Waals surface area contributed by atoms with Gasteiger partial charge in [0.2, 0.25) is 5.82 Å². The summed E-state index contributed by atoms with van der Waals surface area (Å²) >= 11 is 7.26. The molecule has 0 aliphatic rings. The Morgan fingerprint density at radius 1 is 1.05 bits per heavy atom. The fraction of sp³-hybridized carbons (Fsp3) is 0.207. The zero-order valence-electron chi connectivity index (χ0n) is 21.3. The molecule has 0 spiro atoms. The van der Waals surface area contributed by atoms with Crippen molar-refractivity contribution in [2.24, 2.45) is 10.5 Å². The van der Waals surface area contributed by atoms with Crippen LogP contribution >= 0.6 is 31.9 Å². The molecular formula is C29H25Br2N3O4. The molecule has 0 atom stereocenters. The summed E-state index contributed by atoms with van der Waals surface area (Å²) in [4.78, 5) is 18.3. The highest BCUT2D eigenvalue weighted by atomic mass is 79.9. The van der Waals surface area contributed by atoms with Gasteiger partial charge < -0.3 is 13.9 Å². The Morgan fingerprint density at radius 2 is 1.79 bits per heavy atom. The minimum atomic E-state index is -0.311. The van der Waals surface area contributed by atoms with E-state index < -0.39 is 0 Å². The van der Waals surface area contributed by atoms with E-state index in [1.807, 2.05) is 36.4 Å². The van der Waals surface area contributed by atoms with E-state index in [2.05, 4.69) is 57.7 Å². The van der Waals surface area contributed by atoms with Gasteiger partial charge in [-0.25, -0.2) is 4.98 Å². The Morgan fingerprint density at radius 3 is 2.53 bits per heavy atom. The molecule has 0 saturated heterocycles. The third kappa shape index (κ3) is 5.13. The molecular weight excluding hydrogens is 614 g/mol. The van der Waals surface area contributed by atoms with Crippen molar-refractivity contribution in [3.63, 3.8) is 0 Å². The minimum Gasteiger partial charge on any atom is -0.493 e. The molecule has 0 N–H and O–H groups in total. The molecule has 0 saturated carbocycles. The average Bonchev–Trinajstić information content (AvgIpc) is 3.33. The smallest absolute Gasteiger partial charge is 0.282 e. The molecule has 9 heteroatoms. The van der Waals surface area contributed by atoms with Gasteiger partial charge in [-0.3, -0.25) is 4.79 Å². The first-order valence-electron chi connectivity index (χ1n) is 11.9. The van der Waals surface area contributed by atoms with Crippen LogP contribution in [0, 0.1) is 5.41 Å². The summed E-state index contributed by atoms with van der Waals surface area (Å²) in [6.45, 7) is 6.79. The van der Waals surface area contributed by atoms with Gasteiger partial charge in [0, 0.05) is 15.4 Å². The number of para-hydroxylation sites is 2. The number of methoxy groups -OCH3 is 1. The summed E-state index contributed by atoms with van der Waals surface area (Å²) in [6, 6.07) is 18.5. The van der Waals surface area contributed by atoms with Crippen LogP contribution in [0.2, 0.25) is 0 Å². The quantitative estimate of drug-likeness (QED) is 0.179. The van der Waals surface area contributed by atoms with Crippen molar-refractivity contribution in [2.75, 3.05) is 13.7 Å². The van der Waals surface area contributed by atoms with Crippen molar-refractivity contribution in [1.82, 2.24) is 9.66 Å². The summed E-state index contributed by atoms with van der Waals surface area (Å²) in [5, 5.41) is 5.93. The van der Waals surface area contributed by atoms with Gasteiger partial charge in [0.25, 0.3) is 5.56 Å². The molecule has 0 aliphatic heterocycles. The van der Waals surface area contributed by atoms with E-state index in [0.717, 1.165) is 5.39 Å². The van der Waals surface area contributed by atoms with Crippen molar-refractivity contribution in [3.8, 4) is 23.1 Å². The van der Waals surface area contributed by atoms with E-state index >= 15 is 0 Å². The van der Waals surface area contributed by atoms with Crippen molar-refractivity contribution >= 4 is 59.9 Å². The monoisotopic (exact) mass is 637 g/mol. The first-order chi connectivity index (χ1) is 18.2. The third-order valence-corrected chi connectivity index (χ3v) is 7.88. The molecule has 2 heterocycles. The molecule has 3 aromatic carbocycles. The highest BCUT2D eigenvalue weighted by molar-refractivity contribution is 9.13. The second-order valence-corrected chi connectivity index (χ2v) is 11.5. The van der Waals surface area contributed by atoms with Crippen LogP contribution in [0.4, 0.5) is 0 Å². The Labute approximate surface area is 236 Å². The summed E-state index contributed by atoms with van der Waals surface area (Å²) < 4.78 is 20.4. The second-order valence-electron chi connectivity index (χ2n) is 9.94. The van der Waals surface area contributed by atoms with Crippen LogP contribution in [-0.2, 0) is 0 Å². The maximum Gasteiger partial charge on any atom is 0.282 e. The van der Waals surface area contributed by atoms with Gasteiger partial charge >= 0.3 is 0 Å². The van der Waals surface area contributed by atoms with E-state index in [1.54, 1.807) is 37.6 Å². The van der Waals surface area contributed by atoms with Gasteiger partial charge in [-0.05, 0) is 67.6 Å². The number of nitrogens with zero attached hydrogens (tertiary/aromatic N) is 3. The number of fused-ring (bicyclic) bond motifs is 2. The van der Waals surface area contributed by atoms with E-state index in [1.165, 1.54) is 4.68 Å². The lowest BCUT2D eigenvalue weighted by Gasteiger charge is -2.21. The van der Waals surface area contributed by atoms with Crippen molar-refractivity contribution in [1.29, 1.82) is 0 Å². The number of ether oxygens (including phenoxy) is 2. The molecule has 0 amide bonds. The van der Waals surface area contributed by atoms with Gasteiger partial charge in [-0.2, -0.15) is 9.78 Å². The first-order valence-corrected chi connectivity index (χ1v) is 13.5. The molecule has 7 nitrogen and oxygen atoms in total. The van der Waals surface area contributed by atoms with Crippen LogP contribution in [0.3, 0.4) is 0 Å². The molecule has 2 aromatic heterocycles. The molecule has 0 fully saturated rings. The predicted octanol–water partition coefficient (Wildman–Crippen LogP) is 7.65. The lowest BCUT2D eigenvalue weighted by Crippen LogP contribution is -2.20. The third-order valence-electron chi connectivity index (χ3n) is 5.74. The second kappa shape index (κ2) is 10.4. The SMILES string of the molecule is COc1cc(C=Nn2c(-c3cc4ccccc4o3)nc3ccccc3c2=O)c(Br)c(Br)c1OCC(C)(C)C. The highest BCUT2D eigenvalue weighted by Gasteiger charge is 2.20. The Hall–Kier alpha value is -3.43. The molecule has 194 valence electrons. The van der Waals surface area contributed by atoms with Crippen LogP contribution in [0.5, 0.6) is 11.5 Å². The number of furan rings is 1. The van der Waals surface area contributed by atoms with E-state index in [0.29, 0.717) is 60.7 Å². The number of benzene rings is 3. The lowest BCUT2D eigenvalue weighted by molar-refractivity contribution is 0.190. The van der Waals surface area contributed by atoms with Crippen LogP contribution in [0.1, 0.15) is 26.3 Å². The molecule has 0 unspecified atom stereocenters. The molecule has 0 aliphatic carbocycles. The summed E-state index contributed by atoms with van der Waals surface area (Å²) in [5.41, 5.74) is 1.59. The Bertz CT molecular complexity index is 1720. The number of halogens is 2. The van der Waals surface area contributed by atoms with Gasteiger partial charge in [0.15, 0.2) is 17.3 Å². The van der Waals surface area contributed by atoms with Gasteiger partial charge in [0.05, 0.1) is 35.3 Å². The number of hydrogen-bond donors (Lipinski definition) is 0. The topological polar surface area (TPSA) is 78.9 Å². The van der Waals surface area contributed by atoms with Crippen LogP contribution < -0.4 is 15.0 Å². The number of hydrogen-bond acceptors (Lipinski definition) is 6. The van der Waals surface area contributed by atoms with E-state index in [4.69, 9.17) is 18.9 Å². The zero-order valence-corrected chi connectivity index (χ0v) is 24.5. The number of rotatable bonds is 6. The molecule has 5 rings (SSSR count). The summed E-state index contributed by atoms with van der Waals surface area (Å²) in [5.74, 6) is 1.86. The standard InChI is InChI=1S/C29H25Br2N3O4/c1-29(2,3)16-37-26-22(36-4)14-18(24(30)25(26)31)15-32-34-27(23-13-17-9-5-8-12-21(17)38-23)33-20-11-7-6-10-19(20)28(34)35/h5-15H,16H2,1-4H3. The first kappa shape index (κ1) is 26.2. The van der Waals surface area contributed by atoms with Gasteiger partial charge in [-0.15, -0.1) is 0 Å². The summed E-state index contributed by atoms with van der Waals surface area (Å²) in [7, 11) is 1.58. The fourth-order valence-electron chi connectivity index (χ4n) is 3.88. The fourth-order valence-corrected chi connectivity index (χ4v) is 4.81. The molecule has 0 radical (unpaired) electrons. The summed E-state index contributed by atoms with van der Waals surface area (Å²) in [6.07, 6.45) is 1.58. The predicted molar refractivity (Wildman–Crippen MR) is 158 cm³/mol. The van der Waals surface area contributed by atoms with Gasteiger partial charge in [-0.1, -0.05) is 51.1 Å². The lowest BCUT2D eigenvalue weighted by atomic mass is 9.99. The van der Waals surface area contributed by atoms with Crippen molar-refractivity contribution in [3.05, 3.63) is 85.5 Å². The Kier molecular flexibility index (Phi) is 7.15. The van der Waals surface area contributed by atoms with Crippen molar-refractivity contribution in [2.45, 2.75) is 20.8 Å². The number of aromatic nitrogens is 2. The average molecular weight is 639 g/mol. The van der Waals surface area contributed by atoms with Crippen LogP contribution in [0.25, 0.3) is 33.5 Å². The van der Waals surface area contributed by atoms with E-state index in [-0.39, 0.29) is 11.0 Å². The zero-order chi connectivity index (χ0) is 27.0. The highest BCUT2D eigenvalue weighted by Crippen LogP contribution is 2.43. The van der Waals surface area contributed by atoms with E-state index in [9.17, 15) is 4.79 Å². The van der Waals surface area contributed by atoms with Crippen molar-refractivity contribution < 1.29 is 13.9 Å². The van der Waals surface area contributed by atoms with Crippen LogP contribution in [-0.4, -0.2) is 29.6 Å². The molecule has 38 heavy (non-hydrogen) atoms. The normalized spacial score (nSPS) is 12.1.